The number of halogens is 1. The van der Waals surface area contributed by atoms with Gasteiger partial charge in [-0.25, -0.2) is 8.42 Å². The van der Waals surface area contributed by atoms with Gasteiger partial charge in [-0.3, -0.25) is 4.99 Å². The van der Waals surface area contributed by atoms with Gasteiger partial charge in [0.15, 0.2) is 15.8 Å². The molecule has 0 bridgehead atoms. The molecule has 30 heavy (non-hydrogen) atoms. The molecule has 2 N–H and O–H groups in total. The number of sulfone groups is 1. The molecule has 3 rings (SSSR count). The molecule has 1 saturated carbocycles. The van der Waals surface area contributed by atoms with Crippen molar-refractivity contribution < 1.29 is 13.2 Å². The molecule has 0 saturated heterocycles. The Balaban J connectivity index is 0.00000320. The molecule has 8 heteroatoms. The van der Waals surface area contributed by atoms with Crippen LogP contribution in [0.25, 0.3) is 0 Å². The maximum atomic E-state index is 12.4. The van der Waals surface area contributed by atoms with Gasteiger partial charge >= 0.3 is 0 Å². The van der Waals surface area contributed by atoms with Gasteiger partial charge in [0, 0.05) is 18.5 Å². The van der Waals surface area contributed by atoms with E-state index in [1.54, 1.807) is 20.8 Å². The molecule has 0 aromatic heterocycles. The van der Waals surface area contributed by atoms with Crippen LogP contribution >= 0.6 is 24.0 Å². The highest BCUT2D eigenvalue weighted by atomic mass is 127. The van der Waals surface area contributed by atoms with Gasteiger partial charge in [-0.15, -0.1) is 24.0 Å². The summed E-state index contributed by atoms with van der Waals surface area (Å²) >= 11 is 0. The van der Waals surface area contributed by atoms with E-state index in [0.29, 0.717) is 12.5 Å². The fourth-order valence-electron chi connectivity index (χ4n) is 4.14. The smallest absolute Gasteiger partial charge is 0.191 e. The largest absolute Gasteiger partial charge is 0.487 e. The number of hydrogen-bond acceptors (Lipinski definition) is 4. The zero-order chi connectivity index (χ0) is 21.1. The molecule has 1 heterocycles. The Labute approximate surface area is 198 Å². The zero-order valence-corrected chi connectivity index (χ0v) is 21.7. The molecule has 170 valence electrons. The second-order valence-electron chi connectivity index (χ2n) is 9.12. The van der Waals surface area contributed by atoms with E-state index in [2.05, 4.69) is 21.7 Å². The number of ether oxygens (including phenoxy) is 1. The molecule has 1 aliphatic heterocycles. The van der Waals surface area contributed by atoms with Gasteiger partial charge in [-0.05, 0) is 59.4 Å². The third-order valence-electron chi connectivity index (χ3n) is 5.93. The van der Waals surface area contributed by atoms with Crippen LogP contribution in [0.5, 0.6) is 5.75 Å². The third kappa shape index (κ3) is 5.81. The van der Waals surface area contributed by atoms with Crippen LogP contribution in [0.4, 0.5) is 0 Å². The maximum Gasteiger partial charge on any atom is 0.191 e. The Kier molecular flexibility index (Phi) is 8.46. The second-order valence-corrected chi connectivity index (χ2v) is 12.0. The first kappa shape index (κ1) is 25.2. The van der Waals surface area contributed by atoms with Crippen LogP contribution in [0.2, 0.25) is 0 Å². The van der Waals surface area contributed by atoms with Gasteiger partial charge in [0.05, 0.1) is 23.1 Å². The zero-order valence-electron chi connectivity index (χ0n) is 18.5. The minimum Gasteiger partial charge on any atom is -0.487 e. The molecular formula is C22H36IN3O3S. The lowest BCUT2D eigenvalue weighted by molar-refractivity contribution is 0.0396. The van der Waals surface area contributed by atoms with Crippen LogP contribution in [-0.2, 0) is 9.84 Å². The average Bonchev–Trinajstić information content (AvgIpc) is 3.08. The monoisotopic (exact) mass is 549 g/mol. The summed E-state index contributed by atoms with van der Waals surface area (Å²) in [6.07, 6.45) is 5.46. The maximum absolute atomic E-state index is 12.4. The fourth-order valence-corrected chi connectivity index (χ4v) is 5.09. The Morgan fingerprint density at radius 3 is 2.53 bits per heavy atom. The van der Waals surface area contributed by atoms with Crippen LogP contribution < -0.4 is 15.4 Å². The molecule has 1 fully saturated rings. The minimum absolute atomic E-state index is 0. The number of nitrogens with zero attached hydrogens (tertiary/aromatic N) is 1. The van der Waals surface area contributed by atoms with Crippen LogP contribution in [0.3, 0.4) is 0 Å². The number of hydrogen-bond donors (Lipinski definition) is 2. The Bertz CT molecular complexity index is 843. The van der Waals surface area contributed by atoms with Crippen molar-refractivity contribution in [3.05, 3.63) is 29.8 Å². The van der Waals surface area contributed by atoms with Gasteiger partial charge in [-0.2, -0.15) is 0 Å². The van der Waals surface area contributed by atoms with Gasteiger partial charge in [0.2, 0.25) is 0 Å². The number of aliphatic imine (C=N–C) groups is 1. The lowest BCUT2D eigenvalue weighted by Crippen LogP contribution is -2.46. The SMILES string of the molecule is CCNC(=NCCS(=O)(=O)C(C)(C)C)NC1CC2(CCCC2)Oc2ccccc21.I. The lowest BCUT2D eigenvalue weighted by Gasteiger charge is -2.40. The number of nitrogens with one attached hydrogen (secondary N) is 2. The second kappa shape index (κ2) is 10.1. The summed E-state index contributed by atoms with van der Waals surface area (Å²) in [5.74, 6) is 1.65. The van der Waals surface area contributed by atoms with E-state index in [-0.39, 0.29) is 47.9 Å². The molecule has 0 radical (unpaired) electrons. The molecule has 1 atom stereocenters. The molecule has 1 unspecified atom stereocenters. The normalized spacial score (nSPS) is 20.8. The molecule has 1 aromatic rings. The summed E-state index contributed by atoms with van der Waals surface area (Å²) in [6, 6.07) is 8.28. The van der Waals surface area contributed by atoms with Crippen molar-refractivity contribution in [1.82, 2.24) is 10.6 Å². The summed E-state index contributed by atoms with van der Waals surface area (Å²) in [4.78, 5) is 4.57. The molecule has 1 aromatic carbocycles. The Hall–Kier alpha value is -1.03. The number of rotatable bonds is 5. The van der Waals surface area contributed by atoms with E-state index in [0.717, 1.165) is 30.6 Å². The summed E-state index contributed by atoms with van der Waals surface area (Å²) in [5, 5.41) is 6.82. The minimum atomic E-state index is -3.19. The van der Waals surface area contributed by atoms with E-state index in [1.807, 2.05) is 25.1 Å². The molecular weight excluding hydrogens is 513 g/mol. The highest BCUT2D eigenvalue weighted by Gasteiger charge is 2.43. The summed E-state index contributed by atoms with van der Waals surface area (Å²) in [5.41, 5.74) is 1.04. The Morgan fingerprint density at radius 2 is 1.90 bits per heavy atom. The first-order chi connectivity index (χ1) is 13.7. The topological polar surface area (TPSA) is 79.8 Å². The predicted molar refractivity (Wildman–Crippen MR) is 134 cm³/mol. The van der Waals surface area contributed by atoms with Crippen LogP contribution in [-0.4, -0.2) is 43.6 Å². The predicted octanol–water partition coefficient (Wildman–Crippen LogP) is 4.21. The van der Waals surface area contributed by atoms with Crippen molar-refractivity contribution in [1.29, 1.82) is 0 Å². The van der Waals surface area contributed by atoms with Gasteiger partial charge in [0.1, 0.15) is 11.4 Å². The summed E-state index contributed by atoms with van der Waals surface area (Å²) in [6.45, 7) is 8.17. The van der Waals surface area contributed by atoms with Crippen molar-refractivity contribution in [2.75, 3.05) is 18.8 Å². The van der Waals surface area contributed by atoms with Crippen molar-refractivity contribution in [3.8, 4) is 5.75 Å². The van der Waals surface area contributed by atoms with E-state index >= 15 is 0 Å². The number of guanidine groups is 1. The first-order valence-electron chi connectivity index (χ1n) is 10.7. The van der Waals surface area contributed by atoms with Gasteiger partial charge < -0.3 is 15.4 Å². The standard InChI is InChI=1S/C22H35N3O3S.HI/c1-5-23-20(24-14-15-29(26,27)21(2,3)4)25-18-16-22(12-8-9-13-22)28-19-11-7-6-10-17(18)19;/h6-7,10-11,18H,5,8-9,12-16H2,1-4H3,(H2,23,24,25);1H. The van der Waals surface area contributed by atoms with E-state index in [1.165, 1.54) is 12.8 Å². The van der Waals surface area contributed by atoms with Crippen molar-refractivity contribution in [3.63, 3.8) is 0 Å². The lowest BCUT2D eigenvalue weighted by atomic mass is 9.86. The summed E-state index contributed by atoms with van der Waals surface area (Å²) < 4.78 is 30.5. The molecule has 1 spiro atoms. The quantitative estimate of drug-likeness (QED) is 0.327. The number of benzene rings is 1. The van der Waals surface area contributed by atoms with Crippen molar-refractivity contribution in [2.45, 2.75) is 76.2 Å². The number of fused-ring (bicyclic) bond motifs is 1. The molecule has 1 aliphatic carbocycles. The van der Waals surface area contributed by atoms with Gasteiger partial charge in [-0.1, -0.05) is 18.2 Å². The Morgan fingerprint density at radius 1 is 1.23 bits per heavy atom. The van der Waals surface area contributed by atoms with Crippen molar-refractivity contribution in [2.24, 2.45) is 4.99 Å². The fraction of sp³-hybridized carbons (Fsp3) is 0.682. The van der Waals surface area contributed by atoms with Gasteiger partial charge in [0.25, 0.3) is 0 Å². The molecule has 0 amide bonds. The molecule has 6 nitrogen and oxygen atoms in total. The van der Waals surface area contributed by atoms with E-state index in [4.69, 9.17) is 4.74 Å². The molecule has 2 aliphatic rings. The van der Waals surface area contributed by atoms with Crippen LogP contribution in [0.15, 0.2) is 29.3 Å². The third-order valence-corrected chi connectivity index (χ3v) is 8.52. The van der Waals surface area contributed by atoms with E-state index < -0.39 is 14.6 Å². The average molecular weight is 550 g/mol. The first-order valence-corrected chi connectivity index (χ1v) is 12.4. The van der Waals surface area contributed by atoms with Crippen LogP contribution in [0, 0.1) is 0 Å². The highest BCUT2D eigenvalue weighted by Crippen LogP contribution is 2.46. The summed E-state index contributed by atoms with van der Waals surface area (Å²) in [7, 11) is -3.19. The van der Waals surface area contributed by atoms with Crippen LogP contribution in [0.1, 0.15) is 71.4 Å². The van der Waals surface area contributed by atoms with E-state index in [9.17, 15) is 8.42 Å². The highest BCUT2D eigenvalue weighted by molar-refractivity contribution is 14.0. The number of para-hydroxylation sites is 1. The van der Waals surface area contributed by atoms with Crippen molar-refractivity contribution >= 4 is 39.8 Å².